The van der Waals surface area contributed by atoms with Gasteiger partial charge in [0.05, 0.1) is 16.3 Å². The quantitative estimate of drug-likeness (QED) is 0.530. The van der Waals surface area contributed by atoms with E-state index in [1.54, 1.807) is 0 Å². The molecule has 0 aliphatic rings. The Morgan fingerprint density at radius 2 is 1.90 bits per heavy atom. The first-order chi connectivity index (χ1) is 9.65. The van der Waals surface area contributed by atoms with Gasteiger partial charge in [0.2, 0.25) is 10.0 Å². The van der Waals surface area contributed by atoms with E-state index in [2.05, 4.69) is 10.0 Å². The Balaban J connectivity index is 2.54. The second-order valence-electron chi connectivity index (χ2n) is 4.46. The molecule has 1 aromatic carbocycles. The lowest BCUT2D eigenvalue weighted by molar-refractivity contribution is -0.135. The summed E-state index contributed by atoms with van der Waals surface area (Å²) in [6, 6.07) is 4.16. The van der Waals surface area contributed by atoms with Gasteiger partial charge in [0.1, 0.15) is 0 Å². The van der Waals surface area contributed by atoms with Crippen LogP contribution in [0.15, 0.2) is 23.1 Å². The third-order valence-corrected chi connectivity index (χ3v) is 4.22. The number of sulfonamides is 1. The Labute approximate surface area is 121 Å². The van der Waals surface area contributed by atoms with Crippen molar-refractivity contribution in [3.63, 3.8) is 0 Å². The number of alkyl halides is 3. The van der Waals surface area contributed by atoms with Gasteiger partial charge in [-0.05, 0) is 38.1 Å². The van der Waals surface area contributed by atoms with Crippen LogP contribution in [0.2, 0.25) is 0 Å². The Hall–Kier alpha value is -1.48. The highest BCUT2D eigenvalue weighted by Crippen LogP contribution is 2.24. The minimum atomic E-state index is -4.14. The van der Waals surface area contributed by atoms with Gasteiger partial charge in [-0.25, -0.2) is 13.1 Å². The van der Waals surface area contributed by atoms with Gasteiger partial charge in [-0.2, -0.15) is 13.2 Å². The van der Waals surface area contributed by atoms with Gasteiger partial charge < -0.3 is 11.1 Å². The molecule has 0 saturated heterocycles. The van der Waals surface area contributed by atoms with E-state index in [1.165, 1.54) is 25.2 Å². The molecule has 0 radical (unpaired) electrons. The maximum absolute atomic E-state index is 12.0. The molecule has 0 bridgehead atoms. The average molecular weight is 325 g/mol. The smallest absolute Gasteiger partial charge is 0.389 e. The lowest BCUT2D eigenvalue weighted by atomic mass is 10.2. The molecular weight excluding hydrogens is 307 g/mol. The molecule has 0 unspecified atom stereocenters. The lowest BCUT2D eigenvalue weighted by Gasteiger charge is -2.11. The predicted molar refractivity (Wildman–Crippen MR) is 75.5 cm³/mol. The fourth-order valence-electron chi connectivity index (χ4n) is 1.66. The van der Waals surface area contributed by atoms with Crippen molar-refractivity contribution < 1.29 is 21.6 Å². The van der Waals surface area contributed by atoms with Crippen molar-refractivity contribution >= 4 is 21.4 Å². The van der Waals surface area contributed by atoms with E-state index in [9.17, 15) is 21.6 Å². The second kappa shape index (κ2) is 6.99. The van der Waals surface area contributed by atoms with Crippen LogP contribution in [0.1, 0.15) is 19.3 Å². The summed E-state index contributed by atoms with van der Waals surface area (Å²) >= 11 is 0. The van der Waals surface area contributed by atoms with Gasteiger partial charge >= 0.3 is 6.18 Å². The van der Waals surface area contributed by atoms with E-state index < -0.39 is 22.6 Å². The van der Waals surface area contributed by atoms with Gasteiger partial charge in [-0.1, -0.05) is 0 Å². The molecule has 9 heteroatoms. The number of nitrogens with two attached hydrogens (primary N) is 1. The number of benzene rings is 1. The zero-order chi connectivity index (χ0) is 16.1. The summed E-state index contributed by atoms with van der Waals surface area (Å²) in [7, 11) is -2.28. The fraction of sp³-hybridized carbons (Fsp3) is 0.500. The maximum atomic E-state index is 12.0. The number of unbranched alkanes of at least 4 members (excludes halogenated alkanes) is 1. The molecule has 0 amide bonds. The Morgan fingerprint density at radius 1 is 1.24 bits per heavy atom. The highest BCUT2D eigenvalue weighted by atomic mass is 32.2. The van der Waals surface area contributed by atoms with Gasteiger partial charge in [0.15, 0.2) is 0 Å². The summed E-state index contributed by atoms with van der Waals surface area (Å²) in [5, 5.41) is 2.89. The first-order valence-electron chi connectivity index (χ1n) is 6.29. The molecule has 1 aromatic rings. The van der Waals surface area contributed by atoms with Crippen LogP contribution in [0.4, 0.5) is 24.5 Å². The molecule has 5 nitrogen and oxygen atoms in total. The third kappa shape index (κ3) is 5.80. The normalized spacial score (nSPS) is 12.4. The van der Waals surface area contributed by atoms with Gasteiger partial charge in [-0.3, -0.25) is 0 Å². The molecular formula is C12H18F3N3O2S. The van der Waals surface area contributed by atoms with Crippen LogP contribution in [0.3, 0.4) is 0 Å². The average Bonchev–Trinajstić information content (AvgIpc) is 2.38. The highest BCUT2D eigenvalue weighted by molar-refractivity contribution is 7.89. The van der Waals surface area contributed by atoms with Crippen LogP contribution in [-0.4, -0.2) is 28.2 Å². The van der Waals surface area contributed by atoms with E-state index in [0.29, 0.717) is 18.7 Å². The molecule has 4 N–H and O–H groups in total. The summed E-state index contributed by atoms with van der Waals surface area (Å²) in [5.41, 5.74) is 6.44. The number of rotatable bonds is 7. The third-order valence-electron chi connectivity index (χ3n) is 2.80. The fourth-order valence-corrected chi connectivity index (χ4v) is 2.43. The van der Waals surface area contributed by atoms with Crippen molar-refractivity contribution in [2.75, 3.05) is 24.6 Å². The van der Waals surface area contributed by atoms with Crippen molar-refractivity contribution in [2.24, 2.45) is 0 Å². The highest BCUT2D eigenvalue weighted by Gasteiger charge is 2.25. The minimum absolute atomic E-state index is 0.0304. The summed E-state index contributed by atoms with van der Waals surface area (Å²) in [6.45, 7) is 0.332. The van der Waals surface area contributed by atoms with E-state index >= 15 is 0 Å². The summed E-state index contributed by atoms with van der Waals surface area (Å²) in [5.74, 6) is 0. The number of halogens is 3. The van der Waals surface area contributed by atoms with Crippen molar-refractivity contribution in [2.45, 2.75) is 30.3 Å². The molecule has 0 aromatic heterocycles. The first kappa shape index (κ1) is 17.6. The minimum Gasteiger partial charge on any atom is -0.397 e. The monoisotopic (exact) mass is 325 g/mol. The van der Waals surface area contributed by atoms with Crippen LogP contribution >= 0.6 is 0 Å². The lowest BCUT2D eigenvalue weighted by Crippen LogP contribution is -2.18. The Bertz CT molecular complexity index is 574. The molecule has 0 aliphatic heterocycles. The van der Waals surface area contributed by atoms with E-state index in [0.717, 1.165) is 0 Å². The first-order valence-corrected chi connectivity index (χ1v) is 7.78. The molecule has 0 aliphatic carbocycles. The molecule has 120 valence electrons. The van der Waals surface area contributed by atoms with Crippen molar-refractivity contribution in [3.8, 4) is 0 Å². The molecule has 21 heavy (non-hydrogen) atoms. The van der Waals surface area contributed by atoms with Crippen LogP contribution in [0.25, 0.3) is 0 Å². The summed E-state index contributed by atoms with van der Waals surface area (Å²) < 4.78 is 61.2. The zero-order valence-corrected chi connectivity index (χ0v) is 12.3. The standard InChI is InChI=1S/C12H18F3N3O2S/c1-17-21(19,20)9-4-5-11(10(16)8-9)18-7-3-2-6-12(13,14)15/h4-5,8,17-18H,2-3,6-7,16H2,1H3. The summed E-state index contributed by atoms with van der Waals surface area (Å²) in [6.07, 6.45) is -4.58. The second-order valence-corrected chi connectivity index (χ2v) is 6.34. The molecule has 0 spiro atoms. The number of hydrogen-bond acceptors (Lipinski definition) is 4. The van der Waals surface area contributed by atoms with E-state index in [-0.39, 0.29) is 17.0 Å². The van der Waals surface area contributed by atoms with Gasteiger partial charge in [0, 0.05) is 13.0 Å². The van der Waals surface area contributed by atoms with Crippen molar-refractivity contribution in [1.29, 1.82) is 0 Å². The number of hydrogen-bond donors (Lipinski definition) is 3. The topological polar surface area (TPSA) is 84.2 Å². The molecule has 0 fully saturated rings. The zero-order valence-electron chi connectivity index (χ0n) is 11.5. The molecule has 0 saturated carbocycles. The predicted octanol–water partition coefficient (Wildman–Crippen LogP) is 2.32. The van der Waals surface area contributed by atoms with Crippen LogP contribution in [-0.2, 0) is 10.0 Å². The largest absolute Gasteiger partial charge is 0.397 e. The van der Waals surface area contributed by atoms with E-state index in [1.807, 2.05) is 0 Å². The molecule has 0 atom stereocenters. The molecule has 1 rings (SSSR count). The summed E-state index contributed by atoms with van der Waals surface area (Å²) in [4.78, 5) is 0.0325. The van der Waals surface area contributed by atoms with E-state index in [4.69, 9.17) is 5.73 Å². The number of anilines is 2. The SMILES string of the molecule is CNS(=O)(=O)c1ccc(NCCCCC(F)(F)F)c(N)c1. The van der Waals surface area contributed by atoms with Crippen LogP contribution < -0.4 is 15.8 Å². The van der Waals surface area contributed by atoms with Crippen LogP contribution in [0, 0.1) is 0 Å². The Morgan fingerprint density at radius 3 is 2.43 bits per heavy atom. The number of nitrogen functional groups attached to an aromatic ring is 1. The Kier molecular flexibility index (Phi) is 5.85. The van der Waals surface area contributed by atoms with Gasteiger partial charge in [0.25, 0.3) is 0 Å². The van der Waals surface area contributed by atoms with Crippen LogP contribution in [0.5, 0.6) is 0 Å². The maximum Gasteiger partial charge on any atom is 0.389 e. The molecule has 0 heterocycles. The van der Waals surface area contributed by atoms with Crippen molar-refractivity contribution in [1.82, 2.24) is 4.72 Å². The van der Waals surface area contributed by atoms with Gasteiger partial charge in [-0.15, -0.1) is 0 Å². The van der Waals surface area contributed by atoms with Crippen molar-refractivity contribution in [3.05, 3.63) is 18.2 Å². The number of nitrogens with one attached hydrogen (secondary N) is 2.